The number of ether oxygens (including phenoxy) is 2. The van der Waals surface area contributed by atoms with E-state index in [2.05, 4.69) is 47.8 Å². The highest BCUT2D eigenvalue weighted by Gasteiger charge is 2.60. The van der Waals surface area contributed by atoms with Crippen molar-refractivity contribution in [3.8, 4) is 0 Å². The first-order chi connectivity index (χ1) is 20.8. The highest BCUT2D eigenvalue weighted by molar-refractivity contribution is 5.88. The average Bonchev–Trinajstić information content (AvgIpc) is 3.36. The van der Waals surface area contributed by atoms with Crippen molar-refractivity contribution in [3.63, 3.8) is 0 Å². The number of carbonyl (C=O) groups excluding carboxylic acids is 2. The molecule has 0 aromatic rings. The topological polar surface area (TPSA) is 105 Å². The van der Waals surface area contributed by atoms with E-state index in [0.717, 1.165) is 48.3 Å². The zero-order valence-electron chi connectivity index (χ0n) is 28.7. The largest absolute Gasteiger partial charge is 0.462 e. The molecule has 0 heterocycles. The van der Waals surface area contributed by atoms with Crippen molar-refractivity contribution in [1.29, 1.82) is 0 Å². The van der Waals surface area contributed by atoms with Crippen LogP contribution in [0.4, 0.5) is 0 Å². The van der Waals surface area contributed by atoms with Crippen LogP contribution < -0.4 is 11.5 Å². The third-order valence-electron chi connectivity index (χ3n) is 13.5. The molecule has 0 aromatic carbocycles. The summed E-state index contributed by atoms with van der Waals surface area (Å²) < 4.78 is 11.3. The van der Waals surface area contributed by atoms with Crippen molar-refractivity contribution in [2.24, 2.45) is 75.6 Å². The molecule has 2 unspecified atom stereocenters. The number of carbonyl (C=O) groups is 2. The summed E-state index contributed by atoms with van der Waals surface area (Å²) in [6, 6.07) is 0. The van der Waals surface area contributed by atoms with Gasteiger partial charge in [0.25, 0.3) is 0 Å². The fourth-order valence-corrected chi connectivity index (χ4v) is 10.8. The van der Waals surface area contributed by atoms with Gasteiger partial charge in [0.05, 0.1) is 13.2 Å². The van der Waals surface area contributed by atoms with Crippen LogP contribution in [0.5, 0.6) is 0 Å². The Hall–Kier alpha value is -1.66. The molecule has 0 radical (unpaired) electrons. The van der Waals surface area contributed by atoms with E-state index in [-0.39, 0.29) is 43.4 Å². The number of esters is 2. The molecule has 4 fully saturated rings. The van der Waals surface area contributed by atoms with Gasteiger partial charge in [0.2, 0.25) is 0 Å². The number of hydrogen-bond donors (Lipinski definition) is 2. The quantitative estimate of drug-likeness (QED) is 0.156. The van der Waals surface area contributed by atoms with Gasteiger partial charge in [-0.1, -0.05) is 67.0 Å². The Labute approximate surface area is 268 Å². The highest BCUT2D eigenvalue weighted by atomic mass is 16.5. The Morgan fingerprint density at radius 1 is 0.795 bits per heavy atom. The summed E-state index contributed by atoms with van der Waals surface area (Å²) in [5.41, 5.74) is 12.6. The normalized spacial score (nSPS) is 35.4. The Morgan fingerprint density at radius 2 is 1.39 bits per heavy atom. The molecule has 9 atom stereocenters. The van der Waals surface area contributed by atoms with E-state index in [1.54, 1.807) is 0 Å². The summed E-state index contributed by atoms with van der Waals surface area (Å²) in [7, 11) is 0. The number of nitrogens with two attached hydrogens (primary N) is 2. The average molecular weight is 613 g/mol. The molecule has 0 bridgehead atoms. The second-order valence-electron chi connectivity index (χ2n) is 16.3. The third kappa shape index (κ3) is 7.32. The van der Waals surface area contributed by atoms with Crippen LogP contribution in [0, 0.1) is 64.1 Å². The predicted molar refractivity (Wildman–Crippen MR) is 178 cm³/mol. The van der Waals surface area contributed by atoms with Gasteiger partial charge < -0.3 is 20.9 Å². The van der Waals surface area contributed by atoms with Gasteiger partial charge in [-0.15, -0.1) is 0 Å². The number of fused-ring (bicyclic) bond motifs is 5. The van der Waals surface area contributed by atoms with Crippen molar-refractivity contribution >= 4 is 11.9 Å². The summed E-state index contributed by atoms with van der Waals surface area (Å²) >= 11 is 0. The van der Waals surface area contributed by atoms with Crippen molar-refractivity contribution in [1.82, 2.24) is 0 Å². The lowest BCUT2D eigenvalue weighted by atomic mass is 9.43. The molecule has 0 amide bonds. The lowest BCUT2D eigenvalue weighted by Crippen LogP contribution is -2.54. The maximum atomic E-state index is 12.4. The molecule has 0 aromatic heterocycles. The van der Waals surface area contributed by atoms with E-state index < -0.39 is 11.9 Å². The SMILES string of the molecule is C=C(CN)C(=O)OCC(COC(=O)C(=C)CN)C1CC[C@@]2(C)[C@@H](CC[C@@H]3[C@@H]2CC[C@]2(C)C([C@H](C)CCCC(C)C)CC[C@@H]32)C1. The molecular weight excluding hydrogens is 548 g/mol. The van der Waals surface area contributed by atoms with Gasteiger partial charge >= 0.3 is 11.9 Å². The Morgan fingerprint density at radius 3 is 1.98 bits per heavy atom. The van der Waals surface area contributed by atoms with Gasteiger partial charge in [0.1, 0.15) is 0 Å². The van der Waals surface area contributed by atoms with Gasteiger partial charge in [0.15, 0.2) is 0 Å². The molecule has 4 aliphatic carbocycles. The molecule has 4 saturated carbocycles. The third-order valence-corrected chi connectivity index (χ3v) is 13.5. The van der Waals surface area contributed by atoms with Crippen LogP contribution in [0.25, 0.3) is 0 Å². The van der Waals surface area contributed by atoms with E-state index >= 15 is 0 Å². The minimum atomic E-state index is -0.467. The molecule has 6 nitrogen and oxygen atoms in total. The van der Waals surface area contributed by atoms with Gasteiger partial charge in [0, 0.05) is 30.2 Å². The van der Waals surface area contributed by atoms with E-state index in [0.29, 0.717) is 22.7 Å². The molecule has 44 heavy (non-hydrogen) atoms. The van der Waals surface area contributed by atoms with Crippen LogP contribution in [0.1, 0.15) is 112 Å². The molecule has 250 valence electrons. The zero-order valence-corrected chi connectivity index (χ0v) is 28.7. The van der Waals surface area contributed by atoms with Crippen LogP contribution >= 0.6 is 0 Å². The molecule has 0 aliphatic heterocycles. The first kappa shape index (κ1) is 35.2. The number of hydrogen-bond acceptors (Lipinski definition) is 6. The van der Waals surface area contributed by atoms with Crippen LogP contribution in [0.2, 0.25) is 0 Å². The van der Waals surface area contributed by atoms with Crippen molar-refractivity contribution < 1.29 is 19.1 Å². The minimum Gasteiger partial charge on any atom is -0.462 e. The molecule has 6 heteroatoms. The smallest absolute Gasteiger partial charge is 0.334 e. The van der Waals surface area contributed by atoms with Crippen molar-refractivity contribution in [2.75, 3.05) is 26.3 Å². The molecule has 4 aliphatic rings. The van der Waals surface area contributed by atoms with E-state index in [4.69, 9.17) is 20.9 Å². The zero-order chi connectivity index (χ0) is 32.2. The fourth-order valence-electron chi connectivity index (χ4n) is 10.8. The summed E-state index contributed by atoms with van der Waals surface area (Å²) in [6.07, 6.45) is 15.8. The molecule has 0 spiro atoms. The van der Waals surface area contributed by atoms with Crippen LogP contribution in [-0.4, -0.2) is 38.2 Å². The summed E-state index contributed by atoms with van der Waals surface area (Å²) in [4.78, 5) is 24.8. The maximum absolute atomic E-state index is 12.4. The lowest BCUT2D eigenvalue weighted by molar-refractivity contribution is -0.150. The summed E-state index contributed by atoms with van der Waals surface area (Å²) in [5, 5.41) is 0. The molecule has 4 N–H and O–H groups in total. The van der Waals surface area contributed by atoms with Crippen LogP contribution in [-0.2, 0) is 19.1 Å². The first-order valence-electron chi connectivity index (χ1n) is 18.0. The van der Waals surface area contributed by atoms with Gasteiger partial charge in [-0.2, -0.15) is 0 Å². The fraction of sp³-hybridized carbons (Fsp3) is 0.842. The van der Waals surface area contributed by atoms with Crippen LogP contribution in [0.3, 0.4) is 0 Å². The molecular formula is C38H64N2O4. The Balaban J connectivity index is 1.42. The standard InChI is InChI=1S/C38H64N2O4/c1-24(2)9-8-10-25(3)32-13-14-33-31-12-11-30-19-28(15-17-37(30,6)34(31)16-18-38(32,33)7)29(22-43-35(41)26(4)20-39)23-44-36(42)27(5)21-40/h24-25,28-34H,4-5,8-23,39-40H2,1-3,6-7H3/t25-,28?,30+,31+,32?,33+,34+,37+,38-/m1/s1. The Bertz CT molecular complexity index is 1010. The number of rotatable bonds is 14. The van der Waals surface area contributed by atoms with Crippen molar-refractivity contribution in [3.05, 3.63) is 24.3 Å². The monoisotopic (exact) mass is 612 g/mol. The van der Waals surface area contributed by atoms with Gasteiger partial charge in [-0.25, -0.2) is 9.59 Å². The van der Waals surface area contributed by atoms with Gasteiger partial charge in [-0.05, 0) is 116 Å². The van der Waals surface area contributed by atoms with Crippen molar-refractivity contribution in [2.45, 2.75) is 112 Å². The summed E-state index contributed by atoms with van der Waals surface area (Å²) in [6.45, 7) is 20.6. The first-order valence-corrected chi connectivity index (χ1v) is 18.0. The lowest BCUT2D eigenvalue weighted by Gasteiger charge is -2.61. The predicted octanol–water partition coefficient (Wildman–Crippen LogP) is 7.46. The second-order valence-corrected chi connectivity index (χ2v) is 16.3. The van der Waals surface area contributed by atoms with E-state index in [9.17, 15) is 9.59 Å². The minimum absolute atomic E-state index is 0.0660. The maximum Gasteiger partial charge on any atom is 0.334 e. The second kappa shape index (κ2) is 14.8. The van der Waals surface area contributed by atoms with E-state index in [1.807, 2.05) is 0 Å². The Kier molecular flexibility index (Phi) is 11.9. The summed E-state index contributed by atoms with van der Waals surface area (Å²) in [5.74, 6) is 5.08. The van der Waals surface area contributed by atoms with Crippen LogP contribution in [0.15, 0.2) is 24.3 Å². The van der Waals surface area contributed by atoms with E-state index in [1.165, 1.54) is 64.2 Å². The molecule has 0 saturated heterocycles. The highest BCUT2D eigenvalue weighted by Crippen LogP contribution is 2.69. The molecule has 4 rings (SSSR count). The van der Waals surface area contributed by atoms with Gasteiger partial charge in [-0.3, -0.25) is 0 Å².